The number of nitrogens with one attached hydrogen (secondary N) is 1. The molecule has 0 saturated heterocycles. The van der Waals surface area contributed by atoms with Crippen molar-refractivity contribution in [2.75, 3.05) is 6.54 Å². The van der Waals surface area contributed by atoms with Crippen molar-refractivity contribution in [1.29, 1.82) is 0 Å². The number of unbranched alkanes of at least 4 members (excludes halogenated alkanes) is 1. The summed E-state index contributed by atoms with van der Waals surface area (Å²) in [5.74, 6) is -0.0466. The number of thiazole rings is 1. The number of benzene rings is 1. The molecule has 0 spiro atoms. The third-order valence-electron chi connectivity index (χ3n) is 2.95. The Labute approximate surface area is 147 Å². The largest absolute Gasteiger partial charge is 0.352 e. The lowest BCUT2D eigenvalue weighted by Crippen LogP contribution is -2.24. The van der Waals surface area contributed by atoms with Gasteiger partial charge in [-0.25, -0.2) is 4.98 Å². The summed E-state index contributed by atoms with van der Waals surface area (Å²) in [6, 6.07) is 5.30. The molecule has 0 aliphatic carbocycles. The maximum Gasteiger partial charge on any atom is 0.251 e. The van der Waals surface area contributed by atoms with Crippen molar-refractivity contribution in [3.05, 3.63) is 48.4 Å². The van der Waals surface area contributed by atoms with Crippen LogP contribution in [-0.4, -0.2) is 17.4 Å². The number of hydrogen-bond acceptors (Lipinski definition) is 3. The van der Waals surface area contributed by atoms with Crippen LogP contribution in [-0.2, 0) is 6.42 Å². The molecule has 0 atom stereocenters. The first-order valence-corrected chi connectivity index (χ1v) is 9.04. The lowest BCUT2D eigenvalue weighted by Gasteiger charge is -2.06. The molecule has 0 fully saturated rings. The highest BCUT2D eigenvalue weighted by molar-refractivity contribution is 14.1. The van der Waals surface area contributed by atoms with Crippen molar-refractivity contribution >= 4 is 51.4 Å². The number of halogens is 2. The molecule has 0 aliphatic rings. The maximum absolute atomic E-state index is 12.0. The Morgan fingerprint density at radius 1 is 1.43 bits per heavy atom. The monoisotopic (exact) mass is 434 g/mol. The van der Waals surface area contributed by atoms with Crippen LogP contribution in [0.25, 0.3) is 0 Å². The van der Waals surface area contributed by atoms with Gasteiger partial charge in [-0.1, -0.05) is 11.6 Å². The Bertz CT molecular complexity index is 630. The quantitative estimate of drug-likeness (QED) is 0.539. The predicted octanol–water partition coefficient (Wildman–Crippen LogP) is 4.46. The van der Waals surface area contributed by atoms with Crippen LogP contribution in [0.15, 0.2) is 23.6 Å². The Kier molecular flexibility index (Phi) is 6.44. The standard InChI is InChI=1S/C15H16ClIN2OS/c1-10-9-21-14(19-10)4-2-3-7-18-15(20)11-5-6-12(16)13(17)8-11/h5-6,8-9H,2-4,7H2,1H3,(H,18,20). The molecule has 0 aliphatic heterocycles. The highest BCUT2D eigenvalue weighted by Gasteiger charge is 2.07. The van der Waals surface area contributed by atoms with E-state index in [2.05, 4.69) is 38.3 Å². The first kappa shape index (κ1) is 16.7. The molecule has 6 heteroatoms. The van der Waals surface area contributed by atoms with Crippen molar-refractivity contribution < 1.29 is 4.79 Å². The zero-order chi connectivity index (χ0) is 15.2. The van der Waals surface area contributed by atoms with Crippen molar-refractivity contribution in [2.45, 2.75) is 26.2 Å². The van der Waals surface area contributed by atoms with Gasteiger partial charge in [-0.15, -0.1) is 11.3 Å². The van der Waals surface area contributed by atoms with Crippen LogP contribution in [0.3, 0.4) is 0 Å². The van der Waals surface area contributed by atoms with E-state index in [1.165, 1.54) is 5.01 Å². The van der Waals surface area contributed by atoms with Gasteiger partial charge in [0.2, 0.25) is 0 Å². The van der Waals surface area contributed by atoms with Crippen molar-refractivity contribution in [1.82, 2.24) is 10.3 Å². The molecule has 0 radical (unpaired) electrons. The molecule has 112 valence electrons. The smallest absolute Gasteiger partial charge is 0.251 e. The predicted molar refractivity (Wildman–Crippen MR) is 96.3 cm³/mol. The fourth-order valence-electron chi connectivity index (χ4n) is 1.86. The molecule has 1 heterocycles. The van der Waals surface area contributed by atoms with Gasteiger partial charge in [0, 0.05) is 26.8 Å². The molecule has 1 N–H and O–H groups in total. The van der Waals surface area contributed by atoms with Crippen LogP contribution in [0.1, 0.15) is 33.9 Å². The SMILES string of the molecule is Cc1csc(CCCCNC(=O)c2ccc(Cl)c(I)c2)n1. The first-order chi connectivity index (χ1) is 10.1. The number of nitrogens with zero attached hydrogens (tertiary/aromatic N) is 1. The highest BCUT2D eigenvalue weighted by Crippen LogP contribution is 2.19. The summed E-state index contributed by atoms with van der Waals surface area (Å²) >= 11 is 9.77. The molecule has 21 heavy (non-hydrogen) atoms. The van der Waals surface area contributed by atoms with E-state index >= 15 is 0 Å². The van der Waals surface area contributed by atoms with Crippen molar-refractivity contribution in [3.63, 3.8) is 0 Å². The number of rotatable bonds is 6. The van der Waals surface area contributed by atoms with Gasteiger partial charge < -0.3 is 5.32 Å². The Balaban J connectivity index is 1.70. The summed E-state index contributed by atoms with van der Waals surface area (Å²) in [5, 5.41) is 6.85. The lowest BCUT2D eigenvalue weighted by atomic mass is 10.2. The molecular weight excluding hydrogens is 419 g/mol. The van der Waals surface area contributed by atoms with E-state index in [4.69, 9.17) is 11.6 Å². The fourth-order valence-corrected chi connectivity index (χ4v) is 3.31. The van der Waals surface area contributed by atoms with Gasteiger partial charge in [0.15, 0.2) is 0 Å². The van der Waals surface area contributed by atoms with E-state index in [-0.39, 0.29) is 5.91 Å². The van der Waals surface area contributed by atoms with E-state index in [9.17, 15) is 4.79 Å². The first-order valence-electron chi connectivity index (χ1n) is 6.70. The molecule has 3 nitrogen and oxygen atoms in total. The molecular formula is C15H16ClIN2OS. The van der Waals surface area contributed by atoms with Crippen LogP contribution < -0.4 is 5.32 Å². The number of hydrogen-bond donors (Lipinski definition) is 1. The number of aryl methyl sites for hydroxylation is 2. The fraction of sp³-hybridized carbons (Fsp3) is 0.333. The molecule has 2 aromatic rings. The number of amides is 1. The second-order valence-electron chi connectivity index (χ2n) is 4.72. The van der Waals surface area contributed by atoms with Crippen molar-refractivity contribution in [2.24, 2.45) is 0 Å². The summed E-state index contributed by atoms with van der Waals surface area (Å²) in [7, 11) is 0. The zero-order valence-corrected chi connectivity index (χ0v) is 15.4. The van der Waals surface area contributed by atoms with Gasteiger partial charge in [-0.2, -0.15) is 0 Å². The normalized spacial score (nSPS) is 10.6. The lowest BCUT2D eigenvalue weighted by molar-refractivity contribution is 0.0953. The van der Waals surface area contributed by atoms with Gasteiger partial charge in [-0.3, -0.25) is 4.79 Å². The molecule has 1 aromatic carbocycles. The van der Waals surface area contributed by atoms with Crippen LogP contribution in [0.5, 0.6) is 0 Å². The molecule has 0 unspecified atom stereocenters. The summed E-state index contributed by atoms with van der Waals surface area (Å²) in [6.45, 7) is 2.69. The number of carbonyl (C=O) groups is 1. The van der Waals surface area contributed by atoms with Crippen molar-refractivity contribution in [3.8, 4) is 0 Å². The average Bonchev–Trinajstić information content (AvgIpc) is 2.87. The van der Waals surface area contributed by atoms with Gasteiger partial charge >= 0.3 is 0 Å². The van der Waals surface area contributed by atoms with Gasteiger partial charge in [0.05, 0.1) is 10.0 Å². The summed E-state index contributed by atoms with van der Waals surface area (Å²) in [4.78, 5) is 16.4. The van der Waals surface area contributed by atoms with E-state index < -0.39 is 0 Å². The molecule has 1 amide bonds. The van der Waals surface area contributed by atoms with E-state index in [1.54, 1.807) is 29.5 Å². The maximum atomic E-state index is 12.0. The Hall–Kier alpha value is -0.660. The topological polar surface area (TPSA) is 42.0 Å². The van der Waals surface area contributed by atoms with Crippen LogP contribution in [0.4, 0.5) is 0 Å². The Morgan fingerprint density at radius 2 is 2.24 bits per heavy atom. The van der Waals surface area contributed by atoms with Crippen LogP contribution >= 0.6 is 45.5 Å². The minimum atomic E-state index is -0.0466. The van der Waals surface area contributed by atoms with Crippen LogP contribution in [0, 0.1) is 10.5 Å². The molecule has 2 rings (SSSR count). The molecule has 0 saturated carbocycles. The summed E-state index contributed by atoms with van der Waals surface area (Å²) < 4.78 is 0.890. The number of carbonyl (C=O) groups excluding carboxylic acids is 1. The third kappa shape index (κ3) is 5.23. The third-order valence-corrected chi connectivity index (χ3v) is 5.52. The highest BCUT2D eigenvalue weighted by atomic mass is 127. The molecule has 1 aromatic heterocycles. The second kappa shape index (κ2) is 8.10. The van der Waals surface area contributed by atoms with E-state index in [0.717, 1.165) is 28.5 Å². The van der Waals surface area contributed by atoms with Gasteiger partial charge in [0.1, 0.15) is 0 Å². The van der Waals surface area contributed by atoms with Gasteiger partial charge in [0.25, 0.3) is 5.91 Å². The minimum absolute atomic E-state index is 0.0466. The number of aromatic nitrogens is 1. The average molecular weight is 435 g/mol. The van der Waals surface area contributed by atoms with E-state index in [1.807, 2.05) is 6.92 Å². The summed E-state index contributed by atoms with van der Waals surface area (Å²) in [6.07, 6.45) is 2.97. The molecule has 0 bridgehead atoms. The van der Waals surface area contributed by atoms with Gasteiger partial charge in [-0.05, 0) is 67.0 Å². The summed E-state index contributed by atoms with van der Waals surface area (Å²) in [5.41, 5.74) is 1.74. The minimum Gasteiger partial charge on any atom is -0.352 e. The van der Waals surface area contributed by atoms with Crippen LogP contribution in [0.2, 0.25) is 5.02 Å². The second-order valence-corrected chi connectivity index (χ2v) is 7.24. The Morgan fingerprint density at radius 3 is 2.90 bits per heavy atom. The van der Waals surface area contributed by atoms with E-state index in [0.29, 0.717) is 17.1 Å². The zero-order valence-electron chi connectivity index (χ0n) is 11.7.